The SMILES string of the molecule is Cc1ccc(CC(Br)C2CCS(=O)(=O)C2)cc1. The summed E-state index contributed by atoms with van der Waals surface area (Å²) in [6.07, 6.45) is 1.70. The Kier molecular flexibility index (Phi) is 3.93. The van der Waals surface area contributed by atoms with Gasteiger partial charge >= 0.3 is 0 Å². The Morgan fingerprint density at radius 2 is 2.00 bits per heavy atom. The average molecular weight is 317 g/mol. The van der Waals surface area contributed by atoms with Gasteiger partial charge in [0.2, 0.25) is 0 Å². The minimum Gasteiger partial charge on any atom is -0.229 e. The summed E-state index contributed by atoms with van der Waals surface area (Å²) in [7, 11) is -2.77. The summed E-state index contributed by atoms with van der Waals surface area (Å²) in [5, 5.41) is 0. The topological polar surface area (TPSA) is 34.1 Å². The van der Waals surface area contributed by atoms with E-state index in [9.17, 15) is 8.42 Å². The van der Waals surface area contributed by atoms with E-state index in [-0.39, 0.29) is 10.7 Å². The zero-order valence-electron chi connectivity index (χ0n) is 9.90. The van der Waals surface area contributed by atoms with Gasteiger partial charge in [-0.05, 0) is 31.2 Å². The van der Waals surface area contributed by atoms with Gasteiger partial charge in [0.05, 0.1) is 11.5 Å². The highest BCUT2D eigenvalue weighted by atomic mass is 79.9. The minimum absolute atomic E-state index is 0.265. The highest BCUT2D eigenvalue weighted by Gasteiger charge is 2.32. The van der Waals surface area contributed by atoms with Crippen molar-refractivity contribution in [3.63, 3.8) is 0 Å². The molecule has 0 aromatic heterocycles. The van der Waals surface area contributed by atoms with E-state index in [4.69, 9.17) is 0 Å². The Morgan fingerprint density at radius 3 is 2.53 bits per heavy atom. The zero-order valence-corrected chi connectivity index (χ0v) is 12.3. The van der Waals surface area contributed by atoms with E-state index in [2.05, 4.69) is 47.1 Å². The number of hydrogen-bond donors (Lipinski definition) is 0. The Labute approximate surface area is 111 Å². The van der Waals surface area contributed by atoms with Crippen molar-refractivity contribution < 1.29 is 8.42 Å². The molecule has 2 atom stereocenters. The lowest BCUT2D eigenvalue weighted by Gasteiger charge is -2.16. The van der Waals surface area contributed by atoms with Gasteiger partial charge < -0.3 is 0 Å². The number of aryl methyl sites for hydroxylation is 1. The van der Waals surface area contributed by atoms with Crippen LogP contribution in [0.15, 0.2) is 24.3 Å². The third kappa shape index (κ3) is 3.55. The first-order chi connectivity index (χ1) is 7.96. The first-order valence-electron chi connectivity index (χ1n) is 5.86. The maximum absolute atomic E-state index is 11.4. The molecular formula is C13H17BrO2S. The highest BCUT2D eigenvalue weighted by molar-refractivity contribution is 9.09. The molecule has 2 unspecified atom stereocenters. The van der Waals surface area contributed by atoms with Crippen LogP contribution in [0.5, 0.6) is 0 Å². The van der Waals surface area contributed by atoms with Crippen molar-refractivity contribution in [3.05, 3.63) is 35.4 Å². The summed E-state index contributed by atoms with van der Waals surface area (Å²) in [6, 6.07) is 8.43. The van der Waals surface area contributed by atoms with E-state index in [0.29, 0.717) is 11.5 Å². The molecule has 0 bridgehead atoms. The molecule has 1 saturated heterocycles. The molecule has 1 heterocycles. The fourth-order valence-corrected chi connectivity index (χ4v) is 5.18. The summed E-state index contributed by atoms with van der Waals surface area (Å²) < 4.78 is 22.8. The number of halogens is 1. The first kappa shape index (κ1) is 13.1. The lowest BCUT2D eigenvalue weighted by molar-refractivity contribution is 0.563. The van der Waals surface area contributed by atoms with Gasteiger partial charge in [-0.3, -0.25) is 0 Å². The molecule has 0 spiro atoms. The van der Waals surface area contributed by atoms with Crippen LogP contribution < -0.4 is 0 Å². The summed E-state index contributed by atoms with van der Waals surface area (Å²) in [6.45, 7) is 2.07. The normalized spacial score (nSPS) is 24.7. The zero-order chi connectivity index (χ0) is 12.5. The summed E-state index contributed by atoms with van der Waals surface area (Å²) in [5.74, 6) is 0.962. The fraction of sp³-hybridized carbons (Fsp3) is 0.538. The van der Waals surface area contributed by atoms with Gasteiger partial charge in [-0.25, -0.2) is 8.42 Å². The number of alkyl halides is 1. The van der Waals surface area contributed by atoms with Gasteiger partial charge in [0.15, 0.2) is 9.84 Å². The van der Waals surface area contributed by atoms with E-state index in [1.165, 1.54) is 11.1 Å². The van der Waals surface area contributed by atoms with Gasteiger partial charge in [0.1, 0.15) is 0 Å². The number of hydrogen-bond acceptors (Lipinski definition) is 2. The molecule has 1 fully saturated rings. The van der Waals surface area contributed by atoms with Crippen molar-refractivity contribution in [1.29, 1.82) is 0 Å². The lowest BCUT2D eigenvalue weighted by atomic mass is 9.98. The van der Waals surface area contributed by atoms with Crippen molar-refractivity contribution >= 4 is 25.8 Å². The van der Waals surface area contributed by atoms with Crippen LogP contribution >= 0.6 is 15.9 Å². The van der Waals surface area contributed by atoms with E-state index in [1.807, 2.05) is 0 Å². The van der Waals surface area contributed by atoms with Crippen molar-refractivity contribution in [2.45, 2.75) is 24.6 Å². The third-order valence-electron chi connectivity index (χ3n) is 3.33. The predicted octanol–water partition coefficient (Wildman–Crippen LogP) is 2.74. The second-order valence-corrected chi connectivity index (χ2v) is 8.27. The molecule has 2 rings (SSSR count). The van der Waals surface area contributed by atoms with Crippen LogP contribution in [0, 0.1) is 12.8 Å². The van der Waals surface area contributed by atoms with Crippen LogP contribution in [0.3, 0.4) is 0 Å². The second-order valence-electron chi connectivity index (χ2n) is 4.87. The Bertz CT molecular complexity index is 479. The summed E-state index contributed by atoms with van der Waals surface area (Å²) in [5.41, 5.74) is 2.52. The highest BCUT2D eigenvalue weighted by Crippen LogP contribution is 2.28. The van der Waals surface area contributed by atoms with Crippen LogP contribution in [0.4, 0.5) is 0 Å². The number of benzene rings is 1. The molecule has 0 amide bonds. The summed E-state index contributed by atoms with van der Waals surface area (Å²) >= 11 is 3.65. The maximum Gasteiger partial charge on any atom is 0.150 e. The monoisotopic (exact) mass is 316 g/mol. The molecule has 4 heteroatoms. The van der Waals surface area contributed by atoms with Crippen LogP contribution in [0.1, 0.15) is 17.5 Å². The third-order valence-corrected chi connectivity index (χ3v) is 6.20. The van der Waals surface area contributed by atoms with Crippen LogP contribution in [-0.4, -0.2) is 24.8 Å². The number of rotatable bonds is 3. The van der Waals surface area contributed by atoms with E-state index < -0.39 is 9.84 Å². The van der Waals surface area contributed by atoms with Gasteiger partial charge in [-0.1, -0.05) is 45.8 Å². The quantitative estimate of drug-likeness (QED) is 0.803. The summed E-state index contributed by atoms with van der Waals surface area (Å²) in [4.78, 5) is 0.266. The molecule has 0 aliphatic carbocycles. The van der Waals surface area contributed by atoms with E-state index in [0.717, 1.165) is 12.8 Å². The molecule has 17 heavy (non-hydrogen) atoms. The van der Waals surface area contributed by atoms with E-state index >= 15 is 0 Å². The average Bonchev–Trinajstić information content (AvgIpc) is 2.62. The molecule has 0 N–H and O–H groups in total. The molecule has 1 aliphatic heterocycles. The molecular weight excluding hydrogens is 300 g/mol. The molecule has 0 saturated carbocycles. The van der Waals surface area contributed by atoms with Gasteiger partial charge in [0, 0.05) is 4.83 Å². The molecule has 0 radical (unpaired) electrons. The van der Waals surface area contributed by atoms with Crippen molar-refractivity contribution in [3.8, 4) is 0 Å². The number of sulfone groups is 1. The Balaban J connectivity index is 1.98. The second kappa shape index (κ2) is 5.11. The minimum atomic E-state index is -2.77. The van der Waals surface area contributed by atoms with Crippen molar-refractivity contribution in [2.75, 3.05) is 11.5 Å². The van der Waals surface area contributed by atoms with Crippen LogP contribution in [0.25, 0.3) is 0 Å². The van der Waals surface area contributed by atoms with Gasteiger partial charge in [-0.15, -0.1) is 0 Å². The van der Waals surface area contributed by atoms with Crippen molar-refractivity contribution in [1.82, 2.24) is 0 Å². The molecule has 1 aliphatic rings. The molecule has 1 aromatic carbocycles. The lowest BCUT2D eigenvalue weighted by Crippen LogP contribution is -2.18. The van der Waals surface area contributed by atoms with Crippen molar-refractivity contribution in [2.24, 2.45) is 5.92 Å². The molecule has 94 valence electrons. The predicted molar refractivity (Wildman–Crippen MR) is 74.4 cm³/mol. The van der Waals surface area contributed by atoms with Gasteiger partial charge in [0.25, 0.3) is 0 Å². The standard InChI is InChI=1S/C13H17BrO2S/c1-10-2-4-11(5-3-10)8-13(14)12-6-7-17(15,16)9-12/h2-5,12-13H,6-9H2,1H3. The largest absolute Gasteiger partial charge is 0.229 e. The maximum atomic E-state index is 11.4. The fourth-order valence-electron chi connectivity index (χ4n) is 2.23. The van der Waals surface area contributed by atoms with Gasteiger partial charge in [-0.2, -0.15) is 0 Å². The molecule has 1 aromatic rings. The first-order valence-corrected chi connectivity index (χ1v) is 8.60. The Hall–Kier alpha value is -0.350. The van der Waals surface area contributed by atoms with E-state index in [1.54, 1.807) is 0 Å². The van der Waals surface area contributed by atoms with Crippen LogP contribution in [-0.2, 0) is 16.3 Å². The molecule has 2 nitrogen and oxygen atoms in total. The Morgan fingerprint density at radius 1 is 1.35 bits per heavy atom. The smallest absolute Gasteiger partial charge is 0.150 e. The van der Waals surface area contributed by atoms with Crippen LogP contribution in [0.2, 0.25) is 0 Å².